The van der Waals surface area contributed by atoms with Crippen LogP contribution in [0.25, 0.3) is 0 Å². The summed E-state index contributed by atoms with van der Waals surface area (Å²) in [6.45, 7) is 9.93. The van der Waals surface area contributed by atoms with Crippen LogP contribution in [0.3, 0.4) is 0 Å². The Morgan fingerprint density at radius 2 is 2.00 bits per heavy atom. The second kappa shape index (κ2) is 5.72. The van der Waals surface area contributed by atoms with Gasteiger partial charge in [0.05, 0.1) is 0 Å². The third kappa shape index (κ3) is 3.24. The normalized spacial score (nSPS) is 25.6. The highest BCUT2D eigenvalue weighted by Gasteiger charge is 2.26. The second-order valence-electron chi connectivity index (χ2n) is 5.70. The molecule has 1 aliphatic heterocycles. The van der Waals surface area contributed by atoms with Crippen LogP contribution in [0, 0.1) is 5.92 Å². The zero-order valence-electron chi connectivity index (χ0n) is 11.6. The molecule has 1 saturated heterocycles. The first-order valence-electron chi connectivity index (χ1n) is 6.81. The summed E-state index contributed by atoms with van der Waals surface area (Å²) in [5.74, 6) is 1.01. The number of hydrogen-bond donors (Lipinski definition) is 2. The molecule has 0 spiro atoms. The number of phenols is 1. The summed E-state index contributed by atoms with van der Waals surface area (Å²) in [5.41, 5.74) is 1.27. The summed E-state index contributed by atoms with van der Waals surface area (Å²) in [4.78, 5) is 2.52. The van der Waals surface area contributed by atoms with Crippen LogP contribution in [0.4, 0.5) is 0 Å². The first-order valence-corrected chi connectivity index (χ1v) is 6.81. The van der Waals surface area contributed by atoms with Gasteiger partial charge >= 0.3 is 0 Å². The van der Waals surface area contributed by atoms with E-state index < -0.39 is 0 Å². The Kier molecular flexibility index (Phi) is 4.25. The zero-order valence-corrected chi connectivity index (χ0v) is 11.6. The van der Waals surface area contributed by atoms with E-state index >= 15 is 0 Å². The van der Waals surface area contributed by atoms with Crippen LogP contribution in [0.5, 0.6) is 5.75 Å². The molecule has 0 amide bonds. The molecular formula is C15H24N2O. The monoisotopic (exact) mass is 248 g/mol. The Hall–Kier alpha value is -1.06. The molecule has 3 heteroatoms. The molecule has 18 heavy (non-hydrogen) atoms. The van der Waals surface area contributed by atoms with Gasteiger partial charge in [0.25, 0.3) is 0 Å². The van der Waals surface area contributed by atoms with Gasteiger partial charge < -0.3 is 10.4 Å². The zero-order chi connectivity index (χ0) is 13.1. The van der Waals surface area contributed by atoms with E-state index in [9.17, 15) is 5.11 Å². The smallest absolute Gasteiger partial charge is 0.115 e. The van der Waals surface area contributed by atoms with Crippen molar-refractivity contribution < 1.29 is 5.11 Å². The third-order valence-electron chi connectivity index (χ3n) is 3.86. The van der Waals surface area contributed by atoms with E-state index in [1.807, 2.05) is 12.1 Å². The van der Waals surface area contributed by atoms with Crippen molar-refractivity contribution in [1.29, 1.82) is 0 Å². The van der Waals surface area contributed by atoms with Gasteiger partial charge in [-0.1, -0.05) is 26.0 Å². The predicted octanol–water partition coefficient (Wildman–Crippen LogP) is 2.21. The van der Waals surface area contributed by atoms with Crippen LogP contribution in [0.1, 0.15) is 26.3 Å². The fraction of sp³-hybridized carbons (Fsp3) is 0.600. The number of rotatable bonds is 3. The Labute approximate surface area is 110 Å². The van der Waals surface area contributed by atoms with Crippen LogP contribution >= 0.6 is 0 Å². The molecule has 1 heterocycles. The summed E-state index contributed by atoms with van der Waals surface area (Å²) in [7, 11) is 0. The summed E-state index contributed by atoms with van der Waals surface area (Å²) in [6.07, 6.45) is 0. The van der Waals surface area contributed by atoms with Crippen molar-refractivity contribution in [2.24, 2.45) is 5.92 Å². The number of piperazine rings is 1. The minimum Gasteiger partial charge on any atom is -0.508 e. The lowest BCUT2D eigenvalue weighted by molar-refractivity contribution is 0.116. The highest BCUT2D eigenvalue weighted by Crippen LogP contribution is 2.17. The molecule has 2 N–H and O–H groups in total. The number of hydrogen-bond acceptors (Lipinski definition) is 3. The number of nitrogens with one attached hydrogen (secondary N) is 1. The first-order chi connectivity index (χ1) is 8.56. The first kappa shape index (κ1) is 13.4. The Balaban J connectivity index is 2.00. The molecule has 2 unspecified atom stereocenters. The van der Waals surface area contributed by atoms with Crippen LogP contribution in [-0.4, -0.2) is 35.2 Å². The molecule has 1 aromatic carbocycles. The van der Waals surface area contributed by atoms with Crippen molar-refractivity contribution >= 4 is 0 Å². The van der Waals surface area contributed by atoms with Gasteiger partial charge in [-0.2, -0.15) is 0 Å². The van der Waals surface area contributed by atoms with Gasteiger partial charge in [0, 0.05) is 31.7 Å². The number of nitrogens with zero attached hydrogens (tertiary/aromatic N) is 1. The largest absolute Gasteiger partial charge is 0.508 e. The van der Waals surface area contributed by atoms with Crippen LogP contribution in [0.2, 0.25) is 0 Å². The Morgan fingerprint density at radius 3 is 2.61 bits per heavy atom. The van der Waals surface area contributed by atoms with Crippen molar-refractivity contribution in [3.05, 3.63) is 29.8 Å². The van der Waals surface area contributed by atoms with E-state index in [0.717, 1.165) is 19.6 Å². The molecule has 1 aromatic rings. The van der Waals surface area contributed by atoms with Crippen molar-refractivity contribution in [1.82, 2.24) is 10.2 Å². The standard InChI is InChI=1S/C15H24N2O/c1-11(2)15-10-17(12(3)8-16-15)9-13-4-6-14(18)7-5-13/h4-7,11-12,15-16,18H,8-10H2,1-3H3. The molecule has 0 bridgehead atoms. The quantitative estimate of drug-likeness (QED) is 0.861. The molecular weight excluding hydrogens is 224 g/mol. The van der Waals surface area contributed by atoms with E-state index in [1.54, 1.807) is 12.1 Å². The fourth-order valence-electron chi connectivity index (χ4n) is 2.45. The molecule has 0 aliphatic carbocycles. The molecule has 0 saturated carbocycles. The molecule has 1 aliphatic rings. The van der Waals surface area contributed by atoms with Crippen LogP contribution < -0.4 is 5.32 Å². The Morgan fingerprint density at radius 1 is 1.33 bits per heavy atom. The topological polar surface area (TPSA) is 35.5 Å². The van der Waals surface area contributed by atoms with Crippen LogP contribution in [-0.2, 0) is 6.54 Å². The number of phenolic OH excluding ortho intramolecular Hbond substituents is 1. The summed E-state index contributed by atoms with van der Waals surface area (Å²) < 4.78 is 0. The maximum absolute atomic E-state index is 9.31. The summed E-state index contributed by atoms with van der Waals surface area (Å²) in [6, 6.07) is 8.69. The van der Waals surface area contributed by atoms with Crippen molar-refractivity contribution in [3.63, 3.8) is 0 Å². The molecule has 3 nitrogen and oxygen atoms in total. The Bertz CT molecular complexity index is 375. The van der Waals surface area contributed by atoms with E-state index in [-0.39, 0.29) is 0 Å². The highest BCUT2D eigenvalue weighted by molar-refractivity contribution is 5.25. The molecule has 0 radical (unpaired) electrons. The minimum atomic E-state index is 0.340. The lowest BCUT2D eigenvalue weighted by Gasteiger charge is -2.40. The average molecular weight is 248 g/mol. The van der Waals surface area contributed by atoms with Gasteiger partial charge in [-0.25, -0.2) is 0 Å². The maximum atomic E-state index is 9.31. The van der Waals surface area contributed by atoms with Gasteiger partial charge in [0.2, 0.25) is 0 Å². The van der Waals surface area contributed by atoms with Gasteiger partial charge in [-0.3, -0.25) is 4.90 Å². The highest BCUT2D eigenvalue weighted by atomic mass is 16.3. The molecule has 2 atom stereocenters. The number of aromatic hydroxyl groups is 1. The summed E-state index contributed by atoms with van der Waals surface area (Å²) >= 11 is 0. The average Bonchev–Trinajstić information content (AvgIpc) is 2.34. The van der Waals surface area contributed by atoms with Gasteiger partial charge in [-0.15, -0.1) is 0 Å². The molecule has 1 fully saturated rings. The van der Waals surface area contributed by atoms with Gasteiger partial charge in [-0.05, 0) is 30.5 Å². The lowest BCUT2D eigenvalue weighted by atomic mass is 9.99. The summed E-state index contributed by atoms with van der Waals surface area (Å²) in [5, 5.41) is 12.9. The predicted molar refractivity (Wildman–Crippen MR) is 74.6 cm³/mol. The molecule has 100 valence electrons. The fourth-order valence-corrected chi connectivity index (χ4v) is 2.45. The minimum absolute atomic E-state index is 0.340. The van der Waals surface area contributed by atoms with Gasteiger partial charge in [0.15, 0.2) is 0 Å². The van der Waals surface area contributed by atoms with E-state index in [0.29, 0.717) is 23.8 Å². The SMILES string of the molecule is CC(C)C1CN(Cc2ccc(O)cc2)C(C)CN1. The van der Waals surface area contributed by atoms with E-state index in [1.165, 1.54) is 5.56 Å². The molecule has 0 aromatic heterocycles. The van der Waals surface area contributed by atoms with E-state index in [2.05, 4.69) is 31.0 Å². The second-order valence-corrected chi connectivity index (χ2v) is 5.70. The van der Waals surface area contributed by atoms with Crippen LogP contribution in [0.15, 0.2) is 24.3 Å². The lowest BCUT2D eigenvalue weighted by Crippen LogP contribution is -2.56. The molecule has 2 rings (SSSR count). The van der Waals surface area contributed by atoms with Gasteiger partial charge in [0.1, 0.15) is 5.75 Å². The van der Waals surface area contributed by atoms with Crippen molar-refractivity contribution in [2.75, 3.05) is 13.1 Å². The van der Waals surface area contributed by atoms with Crippen molar-refractivity contribution in [2.45, 2.75) is 39.4 Å². The van der Waals surface area contributed by atoms with E-state index in [4.69, 9.17) is 0 Å². The van der Waals surface area contributed by atoms with Crippen molar-refractivity contribution in [3.8, 4) is 5.75 Å². The number of benzene rings is 1. The third-order valence-corrected chi connectivity index (χ3v) is 3.86. The maximum Gasteiger partial charge on any atom is 0.115 e.